The molecule has 1 N–H and O–H groups in total. The number of hydrogen-bond donors (Lipinski definition) is 1. The molecule has 6 heteroatoms. The second-order valence-corrected chi connectivity index (χ2v) is 6.95. The van der Waals surface area contributed by atoms with Gasteiger partial charge in [-0.05, 0) is 54.4 Å². The van der Waals surface area contributed by atoms with Crippen LogP contribution in [-0.2, 0) is 4.74 Å². The summed E-state index contributed by atoms with van der Waals surface area (Å²) in [4.78, 5) is 12.8. The first-order valence-electron chi connectivity index (χ1n) is 8.37. The minimum Gasteiger partial charge on any atom is -0.378 e. The maximum atomic E-state index is 5.42. The summed E-state index contributed by atoms with van der Waals surface area (Å²) in [5.74, 6) is 0.924. The zero-order chi connectivity index (χ0) is 17.1. The Morgan fingerprint density at radius 2 is 1.88 bits per heavy atom. The largest absolute Gasteiger partial charge is 0.378 e. The van der Waals surface area contributed by atoms with Gasteiger partial charge in [0.25, 0.3) is 0 Å². The van der Waals surface area contributed by atoms with Gasteiger partial charge in [0.15, 0.2) is 0 Å². The predicted molar refractivity (Wildman–Crippen MR) is 103 cm³/mol. The van der Waals surface area contributed by atoms with Crippen molar-refractivity contribution in [2.75, 3.05) is 38.3 Å². The zero-order valence-electron chi connectivity index (χ0n) is 14.1. The summed E-state index contributed by atoms with van der Waals surface area (Å²) in [7, 11) is 1.93. The van der Waals surface area contributed by atoms with Crippen molar-refractivity contribution in [3.63, 3.8) is 0 Å². The van der Waals surface area contributed by atoms with Gasteiger partial charge in [0.2, 0.25) is 0 Å². The van der Waals surface area contributed by atoms with Gasteiger partial charge in [-0.3, -0.25) is 9.71 Å². The maximum Gasteiger partial charge on any atom is 0.148 e. The van der Waals surface area contributed by atoms with E-state index in [0.29, 0.717) is 0 Å². The lowest BCUT2D eigenvalue weighted by atomic mass is 10.1. The van der Waals surface area contributed by atoms with Crippen LogP contribution < -0.4 is 9.62 Å². The van der Waals surface area contributed by atoms with Crippen molar-refractivity contribution in [3.8, 4) is 11.1 Å². The van der Waals surface area contributed by atoms with Gasteiger partial charge in [-0.2, -0.15) is 0 Å². The summed E-state index contributed by atoms with van der Waals surface area (Å²) >= 11 is 1.61. The Morgan fingerprint density at radius 1 is 1.04 bits per heavy atom. The third-order valence-electron chi connectivity index (χ3n) is 4.25. The Bertz CT molecular complexity index is 880. The Labute approximate surface area is 151 Å². The number of rotatable bonds is 4. The SMILES string of the molecule is CNSc1cccc(-c2ccc3ncc(N4CCOCC4)nc3c2)c1. The van der Waals surface area contributed by atoms with Gasteiger partial charge in [-0.15, -0.1) is 0 Å². The standard InChI is InChI=1S/C19H20N4OS/c1-20-25-16-4-2-3-14(11-16)15-5-6-17-18(12-15)22-19(13-21-17)23-7-9-24-10-8-23/h2-6,11-13,20H,7-10H2,1H3. The van der Waals surface area contributed by atoms with E-state index in [-0.39, 0.29) is 0 Å². The number of fused-ring (bicyclic) bond motifs is 1. The molecule has 25 heavy (non-hydrogen) atoms. The van der Waals surface area contributed by atoms with Gasteiger partial charge in [-0.1, -0.05) is 18.2 Å². The van der Waals surface area contributed by atoms with Crippen LogP contribution in [0.25, 0.3) is 22.2 Å². The van der Waals surface area contributed by atoms with Crippen molar-refractivity contribution < 1.29 is 4.74 Å². The monoisotopic (exact) mass is 352 g/mol. The minimum atomic E-state index is 0.746. The Kier molecular flexibility index (Phi) is 4.83. The Balaban J connectivity index is 1.69. The lowest BCUT2D eigenvalue weighted by Crippen LogP contribution is -2.36. The average Bonchev–Trinajstić information content (AvgIpc) is 2.68. The predicted octanol–water partition coefficient (Wildman–Crippen LogP) is 3.36. The molecule has 0 aliphatic carbocycles. The van der Waals surface area contributed by atoms with Crippen molar-refractivity contribution in [1.29, 1.82) is 0 Å². The van der Waals surface area contributed by atoms with Crippen LogP contribution in [0.2, 0.25) is 0 Å². The van der Waals surface area contributed by atoms with Crippen LogP contribution in [0.15, 0.2) is 53.6 Å². The molecule has 1 aliphatic rings. The smallest absolute Gasteiger partial charge is 0.148 e. The third kappa shape index (κ3) is 3.61. The molecule has 2 heterocycles. The van der Waals surface area contributed by atoms with E-state index >= 15 is 0 Å². The average molecular weight is 352 g/mol. The molecule has 1 aromatic heterocycles. The number of aromatic nitrogens is 2. The summed E-state index contributed by atoms with van der Waals surface area (Å²) < 4.78 is 8.53. The second kappa shape index (κ2) is 7.39. The third-order valence-corrected chi connectivity index (χ3v) is 4.95. The van der Waals surface area contributed by atoms with Crippen LogP contribution in [0.3, 0.4) is 0 Å². The molecule has 0 unspecified atom stereocenters. The molecule has 3 aromatic rings. The molecule has 0 amide bonds. The molecule has 128 valence electrons. The highest BCUT2D eigenvalue weighted by atomic mass is 32.2. The van der Waals surface area contributed by atoms with Crippen LogP contribution >= 0.6 is 11.9 Å². The topological polar surface area (TPSA) is 50.3 Å². The summed E-state index contributed by atoms with van der Waals surface area (Å²) in [6.07, 6.45) is 1.86. The van der Waals surface area contributed by atoms with Gasteiger partial charge in [0, 0.05) is 18.0 Å². The van der Waals surface area contributed by atoms with E-state index in [4.69, 9.17) is 9.72 Å². The molecule has 1 saturated heterocycles. The van der Waals surface area contributed by atoms with Crippen molar-refractivity contribution in [2.45, 2.75) is 4.90 Å². The number of morpholine rings is 1. The fraction of sp³-hybridized carbons (Fsp3) is 0.263. The molecule has 0 bridgehead atoms. The molecule has 0 saturated carbocycles. The Morgan fingerprint density at radius 3 is 2.72 bits per heavy atom. The maximum absolute atomic E-state index is 5.42. The van der Waals surface area contributed by atoms with Crippen molar-refractivity contribution >= 4 is 28.8 Å². The fourth-order valence-corrected chi connectivity index (χ4v) is 3.55. The number of benzene rings is 2. The number of nitrogens with one attached hydrogen (secondary N) is 1. The number of ether oxygens (including phenoxy) is 1. The fourth-order valence-electron chi connectivity index (χ4n) is 2.98. The molecule has 4 rings (SSSR count). The van der Waals surface area contributed by atoms with E-state index in [1.807, 2.05) is 19.3 Å². The molecular weight excluding hydrogens is 332 g/mol. The molecule has 1 aliphatic heterocycles. The lowest BCUT2D eigenvalue weighted by Gasteiger charge is -2.27. The summed E-state index contributed by atoms with van der Waals surface area (Å²) in [6, 6.07) is 14.8. The molecule has 0 spiro atoms. The molecule has 0 radical (unpaired) electrons. The van der Waals surface area contributed by atoms with Crippen LogP contribution in [0, 0.1) is 0 Å². The highest BCUT2D eigenvalue weighted by Gasteiger charge is 2.13. The normalized spacial score (nSPS) is 14.8. The molecule has 5 nitrogen and oxygen atoms in total. The number of anilines is 1. The van der Waals surface area contributed by atoms with E-state index in [9.17, 15) is 0 Å². The van der Waals surface area contributed by atoms with Crippen LogP contribution in [0.5, 0.6) is 0 Å². The zero-order valence-corrected chi connectivity index (χ0v) is 14.9. The van der Waals surface area contributed by atoms with Gasteiger partial charge in [0.05, 0.1) is 30.4 Å². The van der Waals surface area contributed by atoms with Crippen LogP contribution in [0.1, 0.15) is 0 Å². The first-order valence-corrected chi connectivity index (χ1v) is 9.19. The summed E-state index contributed by atoms with van der Waals surface area (Å²) in [5.41, 5.74) is 4.18. The summed E-state index contributed by atoms with van der Waals surface area (Å²) in [5, 5.41) is 0. The van der Waals surface area contributed by atoms with Crippen molar-refractivity contribution in [1.82, 2.24) is 14.7 Å². The van der Waals surface area contributed by atoms with E-state index in [1.165, 1.54) is 10.5 Å². The van der Waals surface area contributed by atoms with Crippen LogP contribution in [-0.4, -0.2) is 43.3 Å². The lowest BCUT2D eigenvalue weighted by molar-refractivity contribution is 0.122. The molecular formula is C19H20N4OS. The summed E-state index contributed by atoms with van der Waals surface area (Å²) in [6.45, 7) is 3.22. The second-order valence-electron chi connectivity index (χ2n) is 5.87. The quantitative estimate of drug-likeness (QED) is 0.727. The van der Waals surface area contributed by atoms with Gasteiger partial charge in [0.1, 0.15) is 5.82 Å². The molecule has 0 atom stereocenters. The van der Waals surface area contributed by atoms with Gasteiger partial charge in [-0.25, -0.2) is 4.98 Å². The van der Waals surface area contributed by atoms with Gasteiger partial charge < -0.3 is 9.64 Å². The highest BCUT2D eigenvalue weighted by Crippen LogP contribution is 2.27. The van der Waals surface area contributed by atoms with E-state index < -0.39 is 0 Å². The van der Waals surface area contributed by atoms with E-state index in [0.717, 1.165) is 48.7 Å². The van der Waals surface area contributed by atoms with Crippen LogP contribution in [0.4, 0.5) is 5.82 Å². The van der Waals surface area contributed by atoms with E-state index in [2.05, 4.69) is 51.0 Å². The van der Waals surface area contributed by atoms with Gasteiger partial charge >= 0.3 is 0 Å². The first kappa shape index (κ1) is 16.3. The number of nitrogens with zero attached hydrogens (tertiary/aromatic N) is 3. The number of hydrogen-bond acceptors (Lipinski definition) is 6. The van der Waals surface area contributed by atoms with Crippen molar-refractivity contribution in [2.24, 2.45) is 0 Å². The van der Waals surface area contributed by atoms with E-state index in [1.54, 1.807) is 11.9 Å². The molecule has 1 fully saturated rings. The Hall–Kier alpha value is -2.15. The van der Waals surface area contributed by atoms with Crippen molar-refractivity contribution in [3.05, 3.63) is 48.7 Å². The first-order chi connectivity index (χ1) is 12.3. The minimum absolute atomic E-state index is 0.746. The molecule has 2 aromatic carbocycles. The highest BCUT2D eigenvalue weighted by molar-refractivity contribution is 7.97.